The maximum absolute atomic E-state index is 12.4. The molecular formula is C13H13ClN2O2S3. The van der Waals surface area contributed by atoms with E-state index < -0.39 is 10.0 Å². The summed E-state index contributed by atoms with van der Waals surface area (Å²) < 4.78 is 27.9. The maximum Gasteiger partial charge on any atom is 0.271 e. The zero-order chi connectivity index (χ0) is 15.8. The van der Waals surface area contributed by atoms with Crippen LogP contribution in [0.3, 0.4) is 0 Å². The maximum atomic E-state index is 12.4. The second-order valence-electron chi connectivity index (χ2n) is 4.49. The molecule has 0 aliphatic heterocycles. The van der Waals surface area contributed by atoms with Gasteiger partial charge in [0.05, 0.1) is 10.0 Å². The molecule has 0 atom stereocenters. The first-order chi connectivity index (χ1) is 9.72. The molecule has 0 saturated carbocycles. The number of halogens is 1. The molecule has 0 radical (unpaired) electrons. The minimum Gasteiger partial charge on any atom is -0.389 e. The van der Waals surface area contributed by atoms with Gasteiger partial charge < -0.3 is 5.73 Å². The minimum absolute atomic E-state index is 0.145. The van der Waals surface area contributed by atoms with Crippen LogP contribution in [0.25, 0.3) is 0 Å². The molecule has 112 valence electrons. The number of thiophene rings is 1. The normalized spacial score (nSPS) is 11.4. The number of benzene rings is 1. The molecule has 2 aromatic rings. The van der Waals surface area contributed by atoms with Crippen molar-refractivity contribution in [1.29, 1.82) is 0 Å². The largest absolute Gasteiger partial charge is 0.389 e. The Morgan fingerprint density at radius 2 is 2.00 bits per heavy atom. The quantitative estimate of drug-likeness (QED) is 0.819. The van der Waals surface area contributed by atoms with E-state index in [4.69, 9.17) is 29.6 Å². The molecule has 0 amide bonds. The lowest BCUT2D eigenvalue weighted by Crippen LogP contribution is -2.18. The summed E-state index contributed by atoms with van der Waals surface area (Å²) >= 11 is 11.9. The van der Waals surface area contributed by atoms with Crippen LogP contribution in [0.15, 0.2) is 28.5 Å². The topological polar surface area (TPSA) is 72.2 Å². The summed E-state index contributed by atoms with van der Waals surface area (Å²) in [5, 5.41) is 0. The number of rotatable bonds is 4. The van der Waals surface area contributed by atoms with E-state index >= 15 is 0 Å². The van der Waals surface area contributed by atoms with Crippen LogP contribution in [0.1, 0.15) is 16.7 Å². The lowest BCUT2D eigenvalue weighted by molar-refractivity contribution is 0.603. The third-order valence-corrected chi connectivity index (χ3v) is 6.46. The predicted molar refractivity (Wildman–Crippen MR) is 91.9 cm³/mol. The van der Waals surface area contributed by atoms with Gasteiger partial charge in [-0.25, -0.2) is 8.42 Å². The van der Waals surface area contributed by atoms with Gasteiger partial charge in [-0.05, 0) is 37.1 Å². The van der Waals surface area contributed by atoms with E-state index in [0.717, 1.165) is 22.5 Å². The van der Waals surface area contributed by atoms with E-state index in [2.05, 4.69) is 4.72 Å². The molecule has 0 bridgehead atoms. The number of aryl methyl sites for hydroxylation is 2. The monoisotopic (exact) mass is 360 g/mol. The van der Waals surface area contributed by atoms with Crippen molar-refractivity contribution in [2.45, 2.75) is 18.1 Å². The third-order valence-electron chi connectivity index (χ3n) is 2.86. The molecule has 0 spiro atoms. The van der Waals surface area contributed by atoms with Crippen LogP contribution < -0.4 is 10.5 Å². The smallest absolute Gasteiger partial charge is 0.271 e. The average Bonchev–Trinajstić information content (AvgIpc) is 2.69. The van der Waals surface area contributed by atoms with Gasteiger partial charge in [0, 0.05) is 5.56 Å². The summed E-state index contributed by atoms with van der Waals surface area (Å²) in [6.07, 6.45) is 0. The van der Waals surface area contributed by atoms with Crippen LogP contribution in [0.5, 0.6) is 0 Å². The van der Waals surface area contributed by atoms with Crippen molar-refractivity contribution in [1.82, 2.24) is 0 Å². The fourth-order valence-corrected chi connectivity index (χ4v) is 4.89. The van der Waals surface area contributed by atoms with Crippen LogP contribution in [0.2, 0.25) is 4.34 Å². The van der Waals surface area contributed by atoms with Crippen LogP contribution in [-0.2, 0) is 10.0 Å². The highest BCUT2D eigenvalue weighted by molar-refractivity contribution is 7.94. The molecule has 1 heterocycles. The van der Waals surface area contributed by atoms with Crippen molar-refractivity contribution in [2.24, 2.45) is 5.73 Å². The number of anilines is 1. The number of nitrogens with one attached hydrogen (secondary N) is 1. The van der Waals surface area contributed by atoms with Gasteiger partial charge in [-0.3, -0.25) is 4.72 Å². The van der Waals surface area contributed by atoms with E-state index in [9.17, 15) is 8.42 Å². The Bertz CT molecular complexity index is 793. The molecular weight excluding hydrogens is 348 g/mol. The van der Waals surface area contributed by atoms with Gasteiger partial charge in [0.2, 0.25) is 0 Å². The Morgan fingerprint density at radius 3 is 2.52 bits per heavy atom. The molecule has 2 rings (SSSR count). The van der Waals surface area contributed by atoms with Crippen LogP contribution >= 0.6 is 35.2 Å². The van der Waals surface area contributed by atoms with E-state index in [1.807, 2.05) is 13.0 Å². The number of hydrogen-bond acceptors (Lipinski definition) is 4. The minimum atomic E-state index is -3.72. The molecule has 0 aliphatic carbocycles. The Morgan fingerprint density at radius 1 is 1.33 bits per heavy atom. The van der Waals surface area contributed by atoms with Crippen LogP contribution in [0, 0.1) is 13.8 Å². The Labute approximate surface area is 138 Å². The van der Waals surface area contributed by atoms with Crippen LogP contribution in [0.4, 0.5) is 5.69 Å². The lowest BCUT2D eigenvalue weighted by atomic mass is 10.1. The van der Waals surface area contributed by atoms with Gasteiger partial charge in [-0.15, -0.1) is 11.3 Å². The van der Waals surface area contributed by atoms with Crippen LogP contribution in [-0.4, -0.2) is 13.4 Å². The van der Waals surface area contributed by atoms with Crippen molar-refractivity contribution in [3.05, 3.63) is 45.3 Å². The molecule has 0 unspecified atom stereocenters. The number of nitrogens with two attached hydrogens (primary N) is 1. The van der Waals surface area contributed by atoms with Gasteiger partial charge in [-0.1, -0.05) is 36.0 Å². The predicted octanol–water partition coefficient (Wildman–Crippen LogP) is 3.45. The van der Waals surface area contributed by atoms with E-state index in [0.29, 0.717) is 15.6 Å². The fraction of sp³-hybridized carbons (Fsp3) is 0.154. The van der Waals surface area contributed by atoms with Crippen molar-refractivity contribution in [2.75, 3.05) is 4.72 Å². The molecule has 21 heavy (non-hydrogen) atoms. The van der Waals surface area contributed by atoms with Crippen molar-refractivity contribution in [3.8, 4) is 0 Å². The van der Waals surface area contributed by atoms with Crippen molar-refractivity contribution < 1.29 is 8.42 Å². The van der Waals surface area contributed by atoms with Gasteiger partial charge in [0.25, 0.3) is 10.0 Å². The summed E-state index contributed by atoms with van der Waals surface area (Å²) in [6.45, 7) is 3.57. The van der Waals surface area contributed by atoms with E-state index in [1.54, 1.807) is 19.1 Å². The highest BCUT2D eigenvalue weighted by Gasteiger charge is 2.20. The Hall–Kier alpha value is -1.15. The second-order valence-corrected chi connectivity index (χ2v) is 8.49. The summed E-state index contributed by atoms with van der Waals surface area (Å²) in [4.78, 5) is 0.145. The van der Waals surface area contributed by atoms with Gasteiger partial charge >= 0.3 is 0 Å². The molecule has 4 nitrogen and oxygen atoms in total. The van der Waals surface area contributed by atoms with E-state index in [1.165, 1.54) is 6.07 Å². The highest BCUT2D eigenvalue weighted by atomic mass is 35.5. The average molecular weight is 361 g/mol. The zero-order valence-electron chi connectivity index (χ0n) is 11.3. The second kappa shape index (κ2) is 5.92. The molecule has 1 aromatic carbocycles. The first-order valence-corrected chi connectivity index (χ1v) is 8.99. The first-order valence-electron chi connectivity index (χ1n) is 5.90. The van der Waals surface area contributed by atoms with Crippen molar-refractivity contribution in [3.63, 3.8) is 0 Å². The zero-order valence-corrected chi connectivity index (χ0v) is 14.5. The molecule has 3 N–H and O–H groups in total. The number of hydrogen-bond donors (Lipinski definition) is 2. The van der Waals surface area contributed by atoms with Gasteiger partial charge in [0.1, 0.15) is 9.20 Å². The molecule has 0 saturated heterocycles. The summed E-state index contributed by atoms with van der Waals surface area (Å²) in [7, 11) is -3.72. The molecule has 8 heteroatoms. The molecule has 0 fully saturated rings. The van der Waals surface area contributed by atoms with E-state index in [-0.39, 0.29) is 9.20 Å². The fourth-order valence-electron chi connectivity index (χ4n) is 1.84. The lowest BCUT2D eigenvalue weighted by Gasteiger charge is -2.13. The summed E-state index contributed by atoms with van der Waals surface area (Å²) in [5.74, 6) is 0. The molecule has 1 aromatic heterocycles. The SMILES string of the molecule is Cc1cc(S(=O)(=O)Nc2cccc(C)c2C(N)=S)sc1Cl. The Balaban J connectivity index is 2.47. The number of thiocarbonyl (C=S) groups is 1. The van der Waals surface area contributed by atoms with Gasteiger partial charge in [-0.2, -0.15) is 0 Å². The van der Waals surface area contributed by atoms with Crippen molar-refractivity contribution >= 4 is 55.9 Å². The molecule has 0 aliphatic rings. The first kappa shape index (κ1) is 16.2. The van der Waals surface area contributed by atoms with Gasteiger partial charge in [0.15, 0.2) is 0 Å². The third kappa shape index (κ3) is 3.37. The summed E-state index contributed by atoms with van der Waals surface area (Å²) in [6, 6.07) is 6.72. The standard InChI is InChI=1S/C13H13ClN2O2S3/c1-7-4-3-5-9(11(7)13(15)19)16-21(17,18)10-6-8(2)12(14)20-10/h3-6,16H,1-2H3,(H2,15,19). The number of sulfonamides is 1. The Kier molecular flexibility index (Phi) is 4.57. The highest BCUT2D eigenvalue weighted by Crippen LogP contribution is 2.32. The summed E-state index contributed by atoms with van der Waals surface area (Å²) in [5.41, 5.74) is 8.10.